The van der Waals surface area contributed by atoms with Gasteiger partial charge in [0.05, 0.1) is 11.3 Å². The summed E-state index contributed by atoms with van der Waals surface area (Å²) in [7, 11) is 0. The molecule has 2 rings (SSSR count). The van der Waals surface area contributed by atoms with Crippen molar-refractivity contribution >= 4 is 23.6 Å². The molecule has 1 N–H and O–H groups in total. The molecular formula is C20H29NO3S. The third-order valence-electron chi connectivity index (χ3n) is 4.79. The van der Waals surface area contributed by atoms with E-state index < -0.39 is 5.97 Å². The standard InChI is InChI=1S/C20H29NO3S/c1-15(2)9-12-25-14-19(22)21-10-7-16(8-11-21)13-17-5-3-4-6-18(17)20(23)24/h3-6,15-16H,7-14H2,1-2H3,(H,23,24). The summed E-state index contributed by atoms with van der Waals surface area (Å²) in [6.45, 7) is 6.00. The molecule has 0 saturated carbocycles. The maximum absolute atomic E-state index is 12.3. The van der Waals surface area contributed by atoms with Gasteiger partial charge in [-0.15, -0.1) is 0 Å². The number of carboxylic acid groups (broad SMARTS) is 1. The Kier molecular flexibility index (Phi) is 7.82. The number of aromatic carboxylic acids is 1. The molecule has 0 aromatic heterocycles. The van der Waals surface area contributed by atoms with Gasteiger partial charge in [0.15, 0.2) is 0 Å². The number of carboxylic acids is 1. The zero-order valence-electron chi connectivity index (χ0n) is 15.2. The van der Waals surface area contributed by atoms with Crippen molar-refractivity contribution in [2.24, 2.45) is 11.8 Å². The van der Waals surface area contributed by atoms with E-state index >= 15 is 0 Å². The van der Waals surface area contributed by atoms with Crippen LogP contribution in [0.5, 0.6) is 0 Å². The van der Waals surface area contributed by atoms with Crippen LogP contribution in [0.25, 0.3) is 0 Å². The molecule has 1 aromatic rings. The van der Waals surface area contributed by atoms with Crippen LogP contribution < -0.4 is 0 Å². The molecule has 4 nitrogen and oxygen atoms in total. The molecule has 0 atom stereocenters. The molecule has 0 aliphatic carbocycles. The lowest BCUT2D eigenvalue weighted by Crippen LogP contribution is -2.40. The Labute approximate surface area is 155 Å². The Morgan fingerprint density at radius 2 is 1.92 bits per heavy atom. The predicted molar refractivity (Wildman–Crippen MR) is 103 cm³/mol. The van der Waals surface area contributed by atoms with E-state index in [0.717, 1.165) is 50.1 Å². The monoisotopic (exact) mass is 363 g/mol. The average Bonchev–Trinajstić information content (AvgIpc) is 2.59. The van der Waals surface area contributed by atoms with Crippen molar-refractivity contribution in [3.8, 4) is 0 Å². The number of rotatable bonds is 8. The molecule has 5 heteroatoms. The summed E-state index contributed by atoms with van der Waals surface area (Å²) in [5.74, 6) is 2.16. The van der Waals surface area contributed by atoms with Gasteiger partial charge in [-0.1, -0.05) is 32.0 Å². The van der Waals surface area contributed by atoms with Gasteiger partial charge >= 0.3 is 5.97 Å². The molecule has 0 spiro atoms. The highest BCUT2D eigenvalue weighted by molar-refractivity contribution is 7.99. The van der Waals surface area contributed by atoms with E-state index in [4.69, 9.17) is 0 Å². The number of hydrogen-bond donors (Lipinski definition) is 1. The second kappa shape index (κ2) is 9.85. The number of hydrogen-bond acceptors (Lipinski definition) is 3. The van der Waals surface area contributed by atoms with Crippen LogP contribution in [-0.2, 0) is 11.2 Å². The van der Waals surface area contributed by atoms with Crippen molar-refractivity contribution in [3.05, 3.63) is 35.4 Å². The van der Waals surface area contributed by atoms with Gasteiger partial charge in [-0.25, -0.2) is 4.79 Å². The number of benzene rings is 1. The van der Waals surface area contributed by atoms with Crippen molar-refractivity contribution in [1.29, 1.82) is 0 Å². The summed E-state index contributed by atoms with van der Waals surface area (Å²) in [5, 5.41) is 9.29. The van der Waals surface area contributed by atoms with Gasteiger partial charge in [0.25, 0.3) is 0 Å². The van der Waals surface area contributed by atoms with Gasteiger partial charge in [-0.05, 0) is 54.9 Å². The number of carbonyl (C=O) groups is 2. The largest absolute Gasteiger partial charge is 0.478 e. The summed E-state index contributed by atoms with van der Waals surface area (Å²) >= 11 is 1.74. The van der Waals surface area contributed by atoms with E-state index in [1.54, 1.807) is 23.9 Å². The lowest BCUT2D eigenvalue weighted by atomic mass is 9.88. The van der Waals surface area contributed by atoms with Gasteiger partial charge in [0.1, 0.15) is 0 Å². The van der Waals surface area contributed by atoms with Crippen molar-refractivity contribution in [2.45, 2.75) is 39.5 Å². The Morgan fingerprint density at radius 3 is 2.56 bits per heavy atom. The summed E-state index contributed by atoms with van der Waals surface area (Å²) in [6.07, 6.45) is 3.85. The molecular weight excluding hydrogens is 334 g/mol. The van der Waals surface area contributed by atoms with E-state index in [1.807, 2.05) is 17.0 Å². The molecule has 1 saturated heterocycles. The molecule has 0 bridgehead atoms. The predicted octanol–water partition coefficient (Wildman–Crippen LogP) is 3.95. The van der Waals surface area contributed by atoms with Crippen LogP contribution in [0.3, 0.4) is 0 Å². The highest BCUT2D eigenvalue weighted by Crippen LogP contribution is 2.24. The molecule has 1 amide bonds. The first-order valence-corrected chi connectivity index (χ1v) is 10.3. The molecule has 1 heterocycles. The summed E-state index contributed by atoms with van der Waals surface area (Å²) in [5.41, 5.74) is 1.31. The van der Waals surface area contributed by atoms with Crippen LogP contribution in [0.2, 0.25) is 0 Å². The zero-order valence-corrected chi connectivity index (χ0v) is 16.1. The van der Waals surface area contributed by atoms with Crippen LogP contribution in [0.1, 0.15) is 49.0 Å². The van der Waals surface area contributed by atoms with Crippen LogP contribution in [0.15, 0.2) is 24.3 Å². The lowest BCUT2D eigenvalue weighted by Gasteiger charge is -2.32. The van der Waals surface area contributed by atoms with E-state index in [1.165, 1.54) is 0 Å². The van der Waals surface area contributed by atoms with Crippen LogP contribution in [0, 0.1) is 11.8 Å². The van der Waals surface area contributed by atoms with Crippen molar-refractivity contribution in [1.82, 2.24) is 4.90 Å². The van der Waals surface area contributed by atoms with Gasteiger partial charge in [0.2, 0.25) is 5.91 Å². The number of carbonyl (C=O) groups excluding carboxylic acids is 1. The minimum absolute atomic E-state index is 0.248. The van der Waals surface area contributed by atoms with Crippen LogP contribution >= 0.6 is 11.8 Å². The summed E-state index contributed by atoms with van der Waals surface area (Å²) in [4.78, 5) is 25.6. The summed E-state index contributed by atoms with van der Waals surface area (Å²) < 4.78 is 0. The van der Waals surface area contributed by atoms with E-state index in [2.05, 4.69) is 13.8 Å². The Morgan fingerprint density at radius 1 is 1.24 bits per heavy atom. The first-order valence-electron chi connectivity index (χ1n) is 9.14. The molecule has 1 aliphatic heterocycles. The Balaban J connectivity index is 1.76. The Hall–Kier alpha value is -1.49. The van der Waals surface area contributed by atoms with Gasteiger partial charge < -0.3 is 10.0 Å². The first-order chi connectivity index (χ1) is 12.0. The molecule has 0 unspecified atom stereocenters. The molecule has 25 heavy (non-hydrogen) atoms. The molecule has 138 valence electrons. The van der Waals surface area contributed by atoms with Crippen LogP contribution in [-0.4, -0.2) is 46.5 Å². The van der Waals surface area contributed by atoms with Crippen molar-refractivity contribution in [2.75, 3.05) is 24.6 Å². The second-order valence-electron chi connectivity index (χ2n) is 7.23. The molecule has 1 fully saturated rings. The van der Waals surface area contributed by atoms with Gasteiger partial charge in [-0.2, -0.15) is 11.8 Å². The molecule has 0 radical (unpaired) electrons. The van der Waals surface area contributed by atoms with Gasteiger partial charge in [0, 0.05) is 13.1 Å². The smallest absolute Gasteiger partial charge is 0.335 e. The zero-order chi connectivity index (χ0) is 18.2. The SMILES string of the molecule is CC(C)CCSCC(=O)N1CCC(Cc2ccccc2C(=O)O)CC1. The first kappa shape index (κ1) is 19.8. The fourth-order valence-corrected chi connectivity index (χ4v) is 4.31. The van der Waals surface area contributed by atoms with Gasteiger partial charge in [-0.3, -0.25) is 4.79 Å². The molecule has 1 aliphatic rings. The van der Waals surface area contributed by atoms with Crippen LogP contribution in [0.4, 0.5) is 0 Å². The fourth-order valence-electron chi connectivity index (χ4n) is 3.17. The maximum atomic E-state index is 12.3. The average molecular weight is 364 g/mol. The minimum atomic E-state index is -0.860. The third kappa shape index (κ3) is 6.38. The van der Waals surface area contributed by atoms with Crippen molar-refractivity contribution < 1.29 is 14.7 Å². The summed E-state index contributed by atoms with van der Waals surface area (Å²) in [6, 6.07) is 7.25. The number of likely N-dealkylation sites (tertiary alicyclic amines) is 1. The van der Waals surface area contributed by atoms with E-state index in [-0.39, 0.29) is 5.91 Å². The fraction of sp³-hybridized carbons (Fsp3) is 0.600. The lowest BCUT2D eigenvalue weighted by molar-refractivity contribution is -0.129. The maximum Gasteiger partial charge on any atom is 0.335 e. The Bertz CT molecular complexity index is 580. The number of piperidine rings is 1. The van der Waals surface area contributed by atoms with E-state index in [0.29, 0.717) is 23.2 Å². The number of amides is 1. The normalized spacial score (nSPS) is 15.6. The highest BCUT2D eigenvalue weighted by atomic mass is 32.2. The molecule has 1 aromatic carbocycles. The topological polar surface area (TPSA) is 57.6 Å². The number of thioether (sulfide) groups is 1. The highest BCUT2D eigenvalue weighted by Gasteiger charge is 2.24. The minimum Gasteiger partial charge on any atom is -0.478 e. The second-order valence-corrected chi connectivity index (χ2v) is 8.33. The van der Waals surface area contributed by atoms with Crippen molar-refractivity contribution in [3.63, 3.8) is 0 Å². The third-order valence-corrected chi connectivity index (χ3v) is 5.76. The van der Waals surface area contributed by atoms with E-state index in [9.17, 15) is 14.7 Å². The quantitative estimate of drug-likeness (QED) is 0.711. The number of nitrogens with zero attached hydrogens (tertiary/aromatic N) is 1.